The lowest BCUT2D eigenvalue weighted by atomic mass is 9.82. The van der Waals surface area contributed by atoms with Gasteiger partial charge < -0.3 is 35.8 Å². The van der Waals surface area contributed by atoms with Crippen LogP contribution in [0.2, 0.25) is 0 Å². The normalized spacial score (nSPS) is 15.7. The van der Waals surface area contributed by atoms with Gasteiger partial charge in [-0.2, -0.15) is 0 Å². The van der Waals surface area contributed by atoms with Crippen LogP contribution in [-0.2, 0) is 46.3 Å². The molecule has 1 heterocycles. The van der Waals surface area contributed by atoms with Crippen molar-refractivity contribution in [1.82, 2.24) is 26.2 Å². The second-order valence-corrected chi connectivity index (χ2v) is 17.6. The van der Waals surface area contributed by atoms with Gasteiger partial charge in [-0.25, -0.2) is 4.79 Å². The van der Waals surface area contributed by atoms with E-state index in [2.05, 4.69) is 60.4 Å². The maximum Gasteiger partial charge on any atom is 0.505 e. The summed E-state index contributed by atoms with van der Waals surface area (Å²) in [6, 6.07) is 14.9. The van der Waals surface area contributed by atoms with Crippen molar-refractivity contribution in [3.63, 3.8) is 0 Å². The minimum absolute atomic E-state index is 0.0238. The minimum Gasteiger partial charge on any atom is -0.450 e. The van der Waals surface area contributed by atoms with Crippen molar-refractivity contribution in [2.45, 2.75) is 110 Å². The maximum absolute atomic E-state index is 14.4. The number of ketones is 1. The van der Waals surface area contributed by atoms with Crippen LogP contribution in [0.25, 0.3) is 0 Å². The van der Waals surface area contributed by atoms with E-state index in [4.69, 9.17) is 9.84 Å². The number of morpholine rings is 1. The smallest absolute Gasteiger partial charge is 0.450 e. The summed E-state index contributed by atoms with van der Waals surface area (Å²) in [6.45, 7) is 12.0. The number of rotatable bonds is 25. The van der Waals surface area contributed by atoms with Crippen LogP contribution in [-0.4, -0.2) is 114 Å². The van der Waals surface area contributed by atoms with Gasteiger partial charge in [-0.1, -0.05) is 117 Å². The number of alkyl halides is 1. The summed E-state index contributed by atoms with van der Waals surface area (Å²) in [5.74, 6) is 4.04. The molecular weight excluding hydrogens is 905 g/mol. The number of aryl methyl sites for hydroxylation is 1. The van der Waals surface area contributed by atoms with Crippen molar-refractivity contribution in [2.75, 3.05) is 43.9 Å². The molecule has 5 atom stereocenters. The molecule has 0 saturated carbocycles. The van der Waals surface area contributed by atoms with E-state index < -0.39 is 53.5 Å². The quantitative estimate of drug-likeness (QED) is 0.0294. The molecular formula is C47H66IN5O9. The molecule has 15 heteroatoms. The molecule has 14 nitrogen and oxygen atoms in total. The zero-order valence-electron chi connectivity index (χ0n) is 36.9. The molecule has 2 aromatic rings. The van der Waals surface area contributed by atoms with Crippen molar-refractivity contribution in [3.05, 3.63) is 71.8 Å². The molecule has 0 aromatic heterocycles. The number of hydrogen-bond donors (Lipinski definition) is 5. The molecule has 0 radical (unpaired) electrons. The Bertz CT molecular complexity index is 1800. The molecule has 0 spiro atoms. The van der Waals surface area contributed by atoms with E-state index in [-0.39, 0.29) is 49.5 Å². The third-order valence-electron chi connectivity index (χ3n) is 10.4. The molecule has 1 fully saturated rings. The maximum atomic E-state index is 14.4. The summed E-state index contributed by atoms with van der Waals surface area (Å²) in [5, 5.41) is 20.4. The highest BCUT2D eigenvalue weighted by Gasteiger charge is 2.38. The average molecular weight is 972 g/mol. The molecule has 340 valence electrons. The van der Waals surface area contributed by atoms with E-state index in [0.717, 1.165) is 11.1 Å². The molecule has 3 rings (SSSR count). The fraction of sp³-hybridized carbons (Fsp3) is 0.574. The Balaban J connectivity index is 1.84. The fourth-order valence-electron chi connectivity index (χ4n) is 6.99. The summed E-state index contributed by atoms with van der Waals surface area (Å²) >= 11 is 2.12. The van der Waals surface area contributed by atoms with Gasteiger partial charge in [-0.05, 0) is 68.4 Å². The minimum atomic E-state index is -1.33. The summed E-state index contributed by atoms with van der Waals surface area (Å²) < 4.78 is 10.3. The van der Waals surface area contributed by atoms with E-state index in [9.17, 15) is 28.8 Å². The highest BCUT2D eigenvalue weighted by Crippen LogP contribution is 2.25. The van der Waals surface area contributed by atoms with E-state index >= 15 is 0 Å². The molecule has 62 heavy (non-hydrogen) atoms. The summed E-state index contributed by atoms with van der Waals surface area (Å²) in [4.78, 5) is 83.0. The number of unbranched alkanes of at least 4 members (excludes halogenated alkanes) is 2. The summed E-state index contributed by atoms with van der Waals surface area (Å²) in [5.41, 5.74) is 0.689. The topological polar surface area (TPSA) is 192 Å². The number of nitrogens with zero attached hydrogens (tertiary/aromatic N) is 1. The van der Waals surface area contributed by atoms with Crippen LogP contribution in [0.4, 0.5) is 4.79 Å². The lowest BCUT2D eigenvalue weighted by molar-refractivity contribution is -0.135. The Morgan fingerprint density at radius 1 is 0.774 bits per heavy atom. The van der Waals surface area contributed by atoms with Gasteiger partial charge in [0.25, 0.3) is 0 Å². The first-order chi connectivity index (χ1) is 29.6. The van der Waals surface area contributed by atoms with Gasteiger partial charge >= 0.3 is 6.16 Å². The number of ether oxygens (including phenoxy) is 2. The predicted octanol–water partition coefficient (Wildman–Crippen LogP) is 5.10. The van der Waals surface area contributed by atoms with Crippen LogP contribution in [0, 0.1) is 29.1 Å². The van der Waals surface area contributed by atoms with Gasteiger partial charge in [0.15, 0.2) is 5.78 Å². The van der Waals surface area contributed by atoms with E-state index in [1.807, 2.05) is 93.3 Å². The predicted molar refractivity (Wildman–Crippen MR) is 246 cm³/mol. The Morgan fingerprint density at radius 3 is 1.92 bits per heavy atom. The van der Waals surface area contributed by atoms with Crippen LogP contribution in [0.3, 0.4) is 0 Å². The van der Waals surface area contributed by atoms with Crippen LogP contribution in [0.15, 0.2) is 60.7 Å². The molecule has 1 saturated heterocycles. The van der Waals surface area contributed by atoms with Gasteiger partial charge in [0.05, 0.1) is 37.8 Å². The number of carbonyl (C=O) groups is 6. The Kier molecular flexibility index (Phi) is 23.0. The summed E-state index contributed by atoms with van der Waals surface area (Å²) in [7, 11) is 0. The SMILES string of the molecule is CC(C)C[C@H](NC(=O)[C@H](CCc1ccccc1)NC(=O)CN1CCOCC1)C(=O)N[C@@H](Cc1ccccc1)C(=O)N[C@@H](CC(C)C)C(=O)[C@](C)(C#CCCCCOC(=O)O)CI. The van der Waals surface area contributed by atoms with Crippen LogP contribution in [0.1, 0.15) is 84.3 Å². The Hall–Kier alpha value is -4.53. The van der Waals surface area contributed by atoms with Crippen LogP contribution in [0.5, 0.6) is 0 Å². The second kappa shape index (κ2) is 27.5. The largest absolute Gasteiger partial charge is 0.505 e. The average Bonchev–Trinajstić information content (AvgIpc) is 3.24. The first kappa shape index (κ1) is 51.8. The number of carboxylic acid groups (broad SMARTS) is 1. The highest BCUT2D eigenvalue weighted by molar-refractivity contribution is 14.1. The lowest BCUT2D eigenvalue weighted by Crippen LogP contribution is -2.59. The van der Waals surface area contributed by atoms with Crippen molar-refractivity contribution >= 4 is 58.2 Å². The number of hydrogen-bond acceptors (Lipinski definition) is 9. The molecule has 1 aliphatic heterocycles. The van der Waals surface area contributed by atoms with Gasteiger partial charge in [0, 0.05) is 30.4 Å². The number of Topliss-reactive ketones (excluding diaryl/α,β-unsaturated/α-hetero) is 1. The van der Waals surface area contributed by atoms with Crippen molar-refractivity contribution in [2.24, 2.45) is 17.3 Å². The van der Waals surface area contributed by atoms with Crippen molar-refractivity contribution < 1.29 is 43.3 Å². The number of carbonyl (C=O) groups excluding carboxylic acids is 5. The molecule has 2 aromatic carbocycles. The fourth-order valence-corrected chi connectivity index (χ4v) is 7.55. The van der Waals surface area contributed by atoms with Gasteiger partial charge in [0.2, 0.25) is 23.6 Å². The molecule has 0 aliphatic carbocycles. The standard InChI is InChI=1S/C47H66IN5O9/c1-33(2)28-38(42(55)47(5,32-48)22-14-6-7-15-25-62-46(59)60)50-45(58)40(30-36-18-12-9-13-19-36)52-44(57)39(29-34(3)4)51-43(56)37(21-20-35-16-10-8-11-17-35)49-41(54)31-53-23-26-61-27-24-53/h8-13,16-19,33-34,37-40H,6-7,15,20-21,23-32H2,1-5H3,(H,49,54)(H,50,58)(H,51,56)(H,52,57)(H,59,60)/t37-,38-,39-,40-,47+/m0/s1. The number of halogens is 1. The first-order valence-electron chi connectivity index (χ1n) is 21.6. The third kappa shape index (κ3) is 19.2. The van der Waals surface area contributed by atoms with Crippen molar-refractivity contribution in [3.8, 4) is 11.8 Å². The number of nitrogens with one attached hydrogen (secondary N) is 4. The Morgan fingerprint density at radius 2 is 1.32 bits per heavy atom. The van der Waals surface area contributed by atoms with Gasteiger partial charge in [0.1, 0.15) is 18.1 Å². The van der Waals surface area contributed by atoms with E-state index in [1.54, 1.807) is 6.92 Å². The lowest BCUT2D eigenvalue weighted by Gasteiger charge is -2.30. The number of benzene rings is 2. The number of amides is 4. The molecule has 0 bridgehead atoms. The van der Waals surface area contributed by atoms with Crippen LogP contribution >= 0.6 is 22.6 Å². The second-order valence-electron chi connectivity index (χ2n) is 16.9. The van der Waals surface area contributed by atoms with Crippen molar-refractivity contribution in [1.29, 1.82) is 0 Å². The molecule has 0 unspecified atom stereocenters. The van der Waals surface area contributed by atoms with Gasteiger partial charge in [-0.15, -0.1) is 5.92 Å². The molecule has 4 amide bonds. The highest BCUT2D eigenvalue weighted by atomic mass is 127. The van der Waals surface area contributed by atoms with Crippen LogP contribution < -0.4 is 21.3 Å². The van der Waals surface area contributed by atoms with Gasteiger partial charge in [-0.3, -0.25) is 28.9 Å². The zero-order valence-corrected chi connectivity index (χ0v) is 39.0. The molecule has 5 N–H and O–H groups in total. The molecule has 1 aliphatic rings. The monoisotopic (exact) mass is 971 g/mol. The summed E-state index contributed by atoms with van der Waals surface area (Å²) in [6.07, 6.45) is 1.74. The zero-order chi connectivity index (χ0) is 45.5. The van der Waals surface area contributed by atoms with E-state index in [0.29, 0.717) is 69.3 Å². The Labute approximate surface area is 380 Å². The van der Waals surface area contributed by atoms with E-state index in [1.165, 1.54) is 0 Å². The first-order valence-corrected chi connectivity index (χ1v) is 23.2. The third-order valence-corrected chi connectivity index (χ3v) is 11.9.